The van der Waals surface area contributed by atoms with Crippen molar-refractivity contribution >= 4 is 5.91 Å². The Labute approximate surface area is 102 Å². The molecule has 0 aliphatic rings. The van der Waals surface area contributed by atoms with Crippen LogP contribution in [-0.4, -0.2) is 38.1 Å². The molecule has 0 aromatic rings. The van der Waals surface area contributed by atoms with Gasteiger partial charge in [0.25, 0.3) is 0 Å². The highest BCUT2D eigenvalue weighted by atomic mass is 16.5. The Bertz CT molecular complexity index is 127. The number of rotatable bonds is 6. The number of methoxy groups -OCH3 is 1. The molecule has 0 aromatic carbocycles. The zero-order chi connectivity index (χ0) is 13.4. The monoisotopic (exact) mass is 233 g/mol. The molecule has 0 bridgehead atoms. The Balaban J connectivity index is -0.000000376. The van der Waals surface area contributed by atoms with Crippen LogP contribution < -0.4 is 0 Å². The Kier molecular flexibility index (Phi) is 25.9. The highest BCUT2D eigenvalue weighted by Crippen LogP contribution is 1.96. The molecule has 0 spiro atoms. The van der Waals surface area contributed by atoms with Gasteiger partial charge in [-0.1, -0.05) is 34.6 Å². The lowest BCUT2D eigenvalue weighted by Gasteiger charge is -2.15. The zero-order valence-electron chi connectivity index (χ0n) is 12.3. The maximum atomic E-state index is 11.3. The van der Waals surface area contributed by atoms with Crippen LogP contribution in [0, 0.1) is 0 Å². The Morgan fingerprint density at radius 1 is 1.19 bits per heavy atom. The number of carbonyl (C=O) groups is 1. The van der Waals surface area contributed by atoms with E-state index in [0.29, 0.717) is 13.0 Å². The fourth-order valence-electron chi connectivity index (χ4n) is 1.02. The van der Waals surface area contributed by atoms with Crippen LogP contribution in [0.25, 0.3) is 0 Å². The molecule has 3 nitrogen and oxygen atoms in total. The smallest absolute Gasteiger partial charge is 0.222 e. The Morgan fingerprint density at radius 3 is 2.06 bits per heavy atom. The van der Waals surface area contributed by atoms with Gasteiger partial charge in [-0.15, -0.1) is 0 Å². The Morgan fingerprint density at radius 2 is 1.69 bits per heavy atom. The largest absolute Gasteiger partial charge is 0.385 e. The topological polar surface area (TPSA) is 29.5 Å². The standard InChI is InChI=1S/C9H19NO2.2C2H6/c1-4-7-10(2)9(11)6-5-8-12-3;2*1-2/h4-8H2,1-3H3;2*1-2H3. The van der Waals surface area contributed by atoms with Crippen LogP contribution in [0.5, 0.6) is 0 Å². The van der Waals surface area contributed by atoms with E-state index in [2.05, 4.69) is 6.92 Å². The summed E-state index contributed by atoms with van der Waals surface area (Å²) in [6.45, 7) is 11.6. The van der Waals surface area contributed by atoms with Crippen molar-refractivity contribution in [3.8, 4) is 0 Å². The zero-order valence-corrected chi connectivity index (χ0v) is 12.3. The third-order valence-electron chi connectivity index (χ3n) is 1.72. The molecule has 3 heteroatoms. The van der Waals surface area contributed by atoms with E-state index in [-0.39, 0.29) is 5.91 Å². The normalized spacial score (nSPS) is 8.19. The summed E-state index contributed by atoms with van der Waals surface area (Å²) >= 11 is 0. The van der Waals surface area contributed by atoms with Crippen molar-refractivity contribution in [3.63, 3.8) is 0 Å². The molecule has 0 saturated heterocycles. The van der Waals surface area contributed by atoms with Gasteiger partial charge in [-0.3, -0.25) is 4.79 Å². The van der Waals surface area contributed by atoms with Gasteiger partial charge in [0.1, 0.15) is 0 Å². The number of hydrogen-bond donors (Lipinski definition) is 0. The second kappa shape index (κ2) is 19.9. The van der Waals surface area contributed by atoms with E-state index in [1.54, 1.807) is 12.0 Å². The first-order valence-electron chi connectivity index (χ1n) is 6.45. The third kappa shape index (κ3) is 15.9. The number of carbonyl (C=O) groups excluding carboxylic acids is 1. The van der Waals surface area contributed by atoms with Gasteiger partial charge >= 0.3 is 0 Å². The minimum absolute atomic E-state index is 0.217. The molecule has 0 radical (unpaired) electrons. The van der Waals surface area contributed by atoms with E-state index >= 15 is 0 Å². The molecule has 0 saturated carbocycles. The van der Waals surface area contributed by atoms with Crippen molar-refractivity contribution in [2.45, 2.75) is 53.9 Å². The molecular formula is C13H31NO2. The lowest BCUT2D eigenvalue weighted by atomic mass is 10.3. The van der Waals surface area contributed by atoms with E-state index in [1.807, 2.05) is 34.7 Å². The summed E-state index contributed by atoms with van der Waals surface area (Å²) in [6, 6.07) is 0. The maximum absolute atomic E-state index is 11.3. The summed E-state index contributed by atoms with van der Waals surface area (Å²) in [5, 5.41) is 0. The molecular weight excluding hydrogens is 202 g/mol. The first-order chi connectivity index (χ1) is 7.72. The molecule has 16 heavy (non-hydrogen) atoms. The average Bonchev–Trinajstić information content (AvgIpc) is 2.34. The molecule has 0 aliphatic heterocycles. The van der Waals surface area contributed by atoms with E-state index in [4.69, 9.17) is 4.74 Å². The van der Waals surface area contributed by atoms with E-state index in [1.165, 1.54) is 0 Å². The molecule has 0 atom stereocenters. The first-order valence-corrected chi connectivity index (χ1v) is 6.45. The molecule has 0 unspecified atom stereocenters. The second-order valence-electron chi connectivity index (χ2n) is 2.91. The molecule has 1 amide bonds. The lowest BCUT2D eigenvalue weighted by molar-refractivity contribution is -0.130. The van der Waals surface area contributed by atoms with Crippen molar-refractivity contribution in [2.24, 2.45) is 0 Å². The number of nitrogens with zero attached hydrogens (tertiary/aromatic N) is 1. The van der Waals surface area contributed by atoms with Gasteiger partial charge in [-0.2, -0.15) is 0 Å². The van der Waals surface area contributed by atoms with Crippen molar-refractivity contribution in [2.75, 3.05) is 27.3 Å². The fraction of sp³-hybridized carbons (Fsp3) is 0.923. The lowest BCUT2D eigenvalue weighted by Crippen LogP contribution is -2.27. The summed E-state index contributed by atoms with van der Waals surface area (Å²) in [5.41, 5.74) is 0. The summed E-state index contributed by atoms with van der Waals surface area (Å²) < 4.78 is 4.86. The highest BCUT2D eigenvalue weighted by Gasteiger charge is 2.05. The summed E-state index contributed by atoms with van der Waals surface area (Å²) in [7, 11) is 3.50. The van der Waals surface area contributed by atoms with Gasteiger partial charge < -0.3 is 9.64 Å². The second-order valence-corrected chi connectivity index (χ2v) is 2.91. The summed E-state index contributed by atoms with van der Waals surface area (Å²) in [4.78, 5) is 13.1. The van der Waals surface area contributed by atoms with Gasteiger partial charge in [0.05, 0.1) is 0 Å². The minimum Gasteiger partial charge on any atom is -0.385 e. The van der Waals surface area contributed by atoms with Crippen LogP contribution in [0.2, 0.25) is 0 Å². The predicted molar refractivity (Wildman–Crippen MR) is 71.7 cm³/mol. The summed E-state index contributed by atoms with van der Waals surface area (Å²) in [5.74, 6) is 0.217. The van der Waals surface area contributed by atoms with Crippen molar-refractivity contribution in [3.05, 3.63) is 0 Å². The Hall–Kier alpha value is -0.570. The molecule has 0 aliphatic carbocycles. The average molecular weight is 233 g/mol. The molecule has 0 heterocycles. The van der Waals surface area contributed by atoms with Crippen LogP contribution in [0.4, 0.5) is 0 Å². The predicted octanol–water partition coefficient (Wildman–Crippen LogP) is 3.33. The van der Waals surface area contributed by atoms with E-state index < -0.39 is 0 Å². The van der Waals surface area contributed by atoms with Crippen molar-refractivity contribution in [1.82, 2.24) is 4.90 Å². The van der Waals surface area contributed by atoms with Crippen LogP contribution >= 0.6 is 0 Å². The van der Waals surface area contributed by atoms with Gasteiger partial charge in [-0.05, 0) is 12.8 Å². The van der Waals surface area contributed by atoms with Gasteiger partial charge in [0.2, 0.25) is 5.91 Å². The third-order valence-corrected chi connectivity index (χ3v) is 1.72. The fourth-order valence-corrected chi connectivity index (χ4v) is 1.02. The van der Waals surface area contributed by atoms with Gasteiger partial charge in [0.15, 0.2) is 0 Å². The van der Waals surface area contributed by atoms with Gasteiger partial charge in [-0.25, -0.2) is 0 Å². The van der Waals surface area contributed by atoms with Crippen LogP contribution in [-0.2, 0) is 9.53 Å². The van der Waals surface area contributed by atoms with Gasteiger partial charge in [0, 0.05) is 33.7 Å². The molecule has 0 N–H and O–H groups in total. The molecule has 100 valence electrons. The van der Waals surface area contributed by atoms with Crippen LogP contribution in [0.15, 0.2) is 0 Å². The minimum atomic E-state index is 0.217. The number of amides is 1. The number of hydrogen-bond acceptors (Lipinski definition) is 2. The molecule has 0 aromatic heterocycles. The van der Waals surface area contributed by atoms with E-state index in [0.717, 1.165) is 19.4 Å². The summed E-state index contributed by atoms with van der Waals surface area (Å²) in [6.07, 6.45) is 2.44. The first kappa shape index (κ1) is 20.8. The van der Waals surface area contributed by atoms with Crippen molar-refractivity contribution in [1.29, 1.82) is 0 Å². The SMILES string of the molecule is CC.CC.CCCN(C)C(=O)CCCOC. The van der Waals surface area contributed by atoms with Crippen LogP contribution in [0.1, 0.15) is 53.9 Å². The highest BCUT2D eigenvalue weighted by molar-refractivity contribution is 5.75. The molecule has 0 fully saturated rings. The quantitative estimate of drug-likeness (QED) is 0.659. The van der Waals surface area contributed by atoms with Crippen LogP contribution in [0.3, 0.4) is 0 Å². The van der Waals surface area contributed by atoms with Crippen molar-refractivity contribution < 1.29 is 9.53 Å². The molecule has 0 rings (SSSR count). The van der Waals surface area contributed by atoms with E-state index in [9.17, 15) is 4.79 Å². The maximum Gasteiger partial charge on any atom is 0.222 e. The number of ether oxygens (including phenoxy) is 1.